The Morgan fingerprint density at radius 1 is 0.833 bits per heavy atom. The predicted molar refractivity (Wildman–Crippen MR) is 137 cm³/mol. The van der Waals surface area contributed by atoms with E-state index in [0.29, 0.717) is 3.63 Å². The summed E-state index contributed by atoms with van der Waals surface area (Å²) >= 11 is -4.13. The average Bonchev–Trinajstić information content (AvgIpc) is 3.23. The van der Waals surface area contributed by atoms with Crippen LogP contribution in [0.2, 0.25) is 6.25 Å². The first-order valence-electron chi connectivity index (χ1n) is 10.4. The van der Waals surface area contributed by atoms with Crippen LogP contribution in [0.15, 0.2) is 60.7 Å². The summed E-state index contributed by atoms with van der Waals surface area (Å²) in [7, 11) is 0. The summed E-state index contributed by atoms with van der Waals surface area (Å²) in [5.74, 6) is 0. The normalized spacial score (nSPS) is 16.7. The number of aromatic amines is 1. The van der Waals surface area contributed by atoms with Crippen molar-refractivity contribution >= 4 is 49.4 Å². The summed E-state index contributed by atoms with van der Waals surface area (Å²) < 4.78 is 7.40. The second kappa shape index (κ2) is 7.88. The molecule has 0 amide bonds. The average molecular weight is 524 g/mol. The second-order valence-electron chi connectivity index (χ2n) is 10.8. The van der Waals surface area contributed by atoms with Crippen LogP contribution in [0, 0.1) is 0 Å². The van der Waals surface area contributed by atoms with E-state index in [9.17, 15) is 0 Å². The van der Waals surface area contributed by atoms with E-state index in [4.69, 9.17) is 4.21 Å². The van der Waals surface area contributed by atoms with Gasteiger partial charge < -0.3 is 0 Å². The molecule has 0 spiro atoms. The topological polar surface area (TPSA) is 15.8 Å². The first-order valence-corrected chi connectivity index (χ1v) is 17.2. The fourth-order valence-electron chi connectivity index (χ4n) is 6.22. The standard InChI is InChI=1S/C9H7.C8H6N.2C4H9.CH2.2ClH.Zr/c1-2-5-9-7-3-6-8(9)4-1;1-2-4-8-7(3-1)5-6-9-8;2*1-4(2)3;;;;/h1-7H;1-5,9H;2*1-3H3;1H2;2*1H;. The van der Waals surface area contributed by atoms with Gasteiger partial charge in [0.05, 0.1) is 0 Å². The quantitative estimate of drug-likeness (QED) is 0.351. The van der Waals surface area contributed by atoms with Crippen LogP contribution in [0.1, 0.15) is 56.3 Å². The molecule has 1 heterocycles. The zero-order valence-electron chi connectivity index (χ0n) is 19.0. The van der Waals surface area contributed by atoms with Crippen molar-refractivity contribution in [3.8, 4) is 0 Å². The Labute approximate surface area is 194 Å². The molecule has 0 saturated carbocycles. The molecule has 0 fully saturated rings. The van der Waals surface area contributed by atoms with Gasteiger partial charge in [0, 0.05) is 0 Å². The van der Waals surface area contributed by atoms with E-state index in [1.807, 2.05) is 0 Å². The van der Waals surface area contributed by atoms with Crippen molar-refractivity contribution in [3.63, 3.8) is 0 Å². The van der Waals surface area contributed by atoms with Crippen LogP contribution in [0.4, 0.5) is 0 Å². The van der Waals surface area contributed by atoms with Gasteiger partial charge >= 0.3 is 171 Å². The van der Waals surface area contributed by atoms with E-state index in [-0.39, 0.29) is 31.1 Å². The Hall–Kier alpha value is -0.947. The Balaban J connectivity index is 0.00000160. The number of para-hydroxylation sites is 1. The molecule has 0 radical (unpaired) electrons. The van der Waals surface area contributed by atoms with Crippen molar-refractivity contribution < 1.29 is 18.3 Å². The molecule has 1 unspecified atom stereocenters. The molecule has 4 rings (SSSR count). The monoisotopic (exact) mass is 521 g/mol. The molecule has 1 aliphatic rings. The Kier molecular flexibility index (Phi) is 6.65. The van der Waals surface area contributed by atoms with E-state index in [1.165, 1.54) is 25.4 Å². The van der Waals surface area contributed by atoms with Crippen molar-refractivity contribution in [1.29, 1.82) is 0 Å². The molecular weight excluding hydrogens is 488 g/mol. The minimum absolute atomic E-state index is 0. The van der Waals surface area contributed by atoms with E-state index in [1.54, 1.807) is 0 Å². The maximum absolute atomic E-state index is 5.42. The van der Waals surface area contributed by atoms with E-state index in [2.05, 4.69) is 113 Å². The van der Waals surface area contributed by atoms with Crippen molar-refractivity contribution in [2.24, 2.45) is 0 Å². The van der Waals surface area contributed by atoms with Gasteiger partial charge in [0.25, 0.3) is 0 Å². The first kappa shape index (κ1) is 25.3. The molecule has 2 aromatic carbocycles. The number of hydrogen-bond donors (Lipinski definition) is 1. The molecule has 162 valence electrons. The Morgan fingerprint density at radius 3 is 2.00 bits per heavy atom. The summed E-state index contributed by atoms with van der Waals surface area (Å²) in [5.41, 5.74) is 4.05. The number of benzene rings is 2. The van der Waals surface area contributed by atoms with Crippen molar-refractivity contribution in [2.45, 2.75) is 51.4 Å². The third-order valence-corrected chi connectivity index (χ3v) is 33.2. The van der Waals surface area contributed by atoms with Crippen LogP contribution >= 0.6 is 24.8 Å². The van der Waals surface area contributed by atoms with Gasteiger partial charge in [-0.3, -0.25) is 0 Å². The minimum atomic E-state index is -4.13. The van der Waals surface area contributed by atoms with Gasteiger partial charge in [-0.1, -0.05) is 0 Å². The van der Waals surface area contributed by atoms with Gasteiger partial charge in [-0.05, 0) is 0 Å². The van der Waals surface area contributed by atoms with Gasteiger partial charge in [-0.15, -0.1) is 24.8 Å². The van der Waals surface area contributed by atoms with E-state index in [0.717, 1.165) is 0 Å². The Morgan fingerprint density at radius 2 is 1.40 bits per heavy atom. The third kappa shape index (κ3) is 3.01. The fourth-order valence-corrected chi connectivity index (χ4v) is 27.0. The van der Waals surface area contributed by atoms with Crippen LogP contribution < -0.4 is 3.40 Å². The Bertz CT molecular complexity index is 1100. The number of hydrogen-bond acceptors (Lipinski definition) is 0. The summed E-state index contributed by atoms with van der Waals surface area (Å²) in [4.78, 5) is 3.89. The summed E-state index contributed by atoms with van der Waals surface area (Å²) in [6, 6.07) is 20.0. The van der Waals surface area contributed by atoms with E-state index >= 15 is 0 Å². The van der Waals surface area contributed by atoms with E-state index < -0.39 is 18.3 Å². The zero-order valence-corrected chi connectivity index (χ0v) is 23.0. The predicted octanol–water partition coefficient (Wildman–Crippen LogP) is 7.96. The van der Waals surface area contributed by atoms with Gasteiger partial charge in [-0.25, -0.2) is 0 Å². The molecule has 1 N–H and O–H groups in total. The fraction of sp³-hybridized carbons (Fsp3) is 0.346. The summed E-state index contributed by atoms with van der Waals surface area (Å²) in [6.07, 6.45) is 4.81. The molecule has 3 aromatic rings. The molecule has 0 saturated heterocycles. The van der Waals surface area contributed by atoms with Gasteiger partial charge in [0.1, 0.15) is 0 Å². The number of fused-ring (bicyclic) bond motifs is 2. The molecule has 1 aliphatic carbocycles. The number of aromatic nitrogens is 1. The molecule has 30 heavy (non-hydrogen) atoms. The molecule has 0 aliphatic heterocycles. The molecule has 1 nitrogen and oxygen atoms in total. The van der Waals surface area contributed by atoms with Crippen LogP contribution in [-0.2, 0) is 18.3 Å². The maximum atomic E-state index is 5.42. The first-order chi connectivity index (χ1) is 13.0. The SMILES string of the molecule is Cl.Cl.[CH2]=[Zr]([c]1cc2ccccc2[nH]1)([CH]1C=Cc2ccccc21)([C](C)(C)C)[C](C)(C)C. The van der Waals surface area contributed by atoms with Crippen molar-refractivity contribution in [2.75, 3.05) is 0 Å². The molecule has 4 heteroatoms. The number of allylic oxidation sites excluding steroid dienone is 1. The molecule has 1 aromatic heterocycles. The molecule has 1 atom stereocenters. The summed E-state index contributed by atoms with van der Waals surface area (Å²) in [6.45, 7) is 14.6. The van der Waals surface area contributed by atoms with Crippen LogP contribution in [0.25, 0.3) is 17.0 Å². The van der Waals surface area contributed by atoms with Crippen LogP contribution in [0.3, 0.4) is 0 Å². The summed E-state index contributed by atoms with van der Waals surface area (Å²) in [5, 5.41) is 1.30. The molecule has 0 bridgehead atoms. The van der Waals surface area contributed by atoms with Gasteiger partial charge in [0.15, 0.2) is 0 Å². The number of rotatable bonds is 2. The zero-order chi connectivity index (χ0) is 20.4. The number of halogens is 2. The number of nitrogens with one attached hydrogen (secondary N) is 1. The molecular formula is C26H35Cl2NZr. The van der Waals surface area contributed by atoms with Gasteiger partial charge in [0.2, 0.25) is 0 Å². The third-order valence-electron chi connectivity index (χ3n) is 8.06. The van der Waals surface area contributed by atoms with Crippen molar-refractivity contribution in [1.82, 2.24) is 4.98 Å². The second-order valence-corrected chi connectivity index (χ2v) is 28.6. The number of H-pyrrole nitrogens is 1. The van der Waals surface area contributed by atoms with Crippen LogP contribution in [-0.4, -0.2) is 9.20 Å². The van der Waals surface area contributed by atoms with Crippen molar-refractivity contribution in [3.05, 3.63) is 71.8 Å². The van der Waals surface area contributed by atoms with Crippen LogP contribution in [0.5, 0.6) is 0 Å². The van der Waals surface area contributed by atoms with Gasteiger partial charge in [-0.2, -0.15) is 0 Å².